The Labute approximate surface area is 78.5 Å². The zero-order valence-corrected chi connectivity index (χ0v) is 8.46. The number of hydrogen-bond acceptors (Lipinski definition) is 2. The molecule has 0 N–H and O–H groups in total. The standard InChI is InChI=1S/C8H8BrN3/c1-5-3-6-7(10-8(5)9)4-12(2)11-6/h3-4H,1-2H3. The van der Waals surface area contributed by atoms with Gasteiger partial charge in [0, 0.05) is 7.05 Å². The van der Waals surface area contributed by atoms with Crippen LogP contribution in [0.15, 0.2) is 16.9 Å². The molecule has 0 saturated heterocycles. The van der Waals surface area contributed by atoms with E-state index in [9.17, 15) is 0 Å². The number of aromatic nitrogens is 3. The molecule has 0 aliphatic carbocycles. The summed E-state index contributed by atoms with van der Waals surface area (Å²) in [7, 11) is 1.89. The first-order valence-corrected chi connectivity index (χ1v) is 4.42. The second kappa shape index (κ2) is 2.55. The van der Waals surface area contributed by atoms with Crippen molar-refractivity contribution in [2.24, 2.45) is 7.05 Å². The molecule has 62 valence electrons. The van der Waals surface area contributed by atoms with E-state index in [4.69, 9.17) is 0 Å². The van der Waals surface area contributed by atoms with E-state index < -0.39 is 0 Å². The zero-order chi connectivity index (χ0) is 8.72. The number of hydrogen-bond donors (Lipinski definition) is 0. The van der Waals surface area contributed by atoms with E-state index in [1.165, 1.54) is 0 Å². The number of aryl methyl sites for hydroxylation is 2. The van der Waals surface area contributed by atoms with Crippen molar-refractivity contribution in [1.29, 1.82) is 0 Å². The topological polar surface area (TPSA) is 30.7 Å². The summed E-state index contributed by atoms with van der Waals surface area (Å²) in [5, 5.41) is 4.25. The molecule has 0 unspecified atom stereocenters. The summed E-state index contributed by atoms with van der Waals surface area (Å²) >= 11 is 3.38. The van der Waals surface area contributed by atoms with Gasteiger partial charge in [-0.1, -0.05) is 0 Å². The molecule has 0 aromatic carbocycles. The number of fused-ring (bicyclic) bond motifs is 1. The Balaban J connectivity index is 2.83. The molecule has 0 amide bonds. The van der Waals surface area contributed by atoms with Gasteiger partial charge in [-0.15, -0.1) is 0 Å². The van der Waals surface area contributed by atoms with E-state index in [1.54, 1.807) is 4.68 Å². The predicted octanol–water partition coefficient (Wildman–Crippen LogP) is 2.04. The van der Waals surface area contributed by atoms with Crippen LogP contribution in [0.1, 0.15) is 5.56 Å². The van der Waals surface area contributed by atoms with Crippen molar-refractivity contribution >= 4 is 27.0 Å². The van der Waals surface area contributed by atoms with E-state index in [-0.39, 0.29) is 0 Å². The molecule has 0 radical (unpaired) electrons. The van der Waals surface area contributed by atoms with Crippen LogP contribution in [0, 0.1) is 6.92 Å². The highest BCUT2D eigenvalue weighted by molar-refractivity contribution is 9.10. The molecule has 0 spiro atoms. The summed E-state index contributed by atoms with van der Waals surface area (Å²) < 4.78 is 2.66. The van der Waals surface area contributed by atoms with Gasteiger partial charge in [-0.25, -0.2) is 4.98 Å². The number of pyridine rings is 1. The quantitative estimate of drug-likeness (QED) is 0.643. The maximum atomic E-state index is 4.33. The van der Waals surface area contributed by atoms with Gasteiger partial charge in [0.2, 0.25) is 0 Å². The largest absolute Gasteiger partial charge is 0.273 e. The normalized spacial score (nSPS) is 10.9. The third kappa shape index (κ3) is 1.12. The minimum atomic E-state index is 0.892. The monoisotopic (exact) mass is 225 g/mol. The molecule has 0 atom stereocenters. The Morgan fingerprint density at radius 3 is 2.92 bits per heavy atom. The highest BCUT2D eigenvalue weighted by Gasteiger charge is 2.02. The van der Waals surface area contributed by atoms with Gasteiger partial charge >= 0.3 is 0 Å². The fourth-order valence-electron chi connectivity index (χ4n) is 1.14. The molecule has 2 aromatic heterocycles. The average molecular weight is 226 g/mol. The van der Waals surface area contributed by atoms with Crippen LogP contribution < -0.4 is 0 Å². The minimum absolute atomic E-state index is 0.892. The first-order valence-electron chi connectivity index (χ1n) is 3.63. The Morgan fingerprint density at radius 2 is 2.17 bits per heavy atom. The van der Waals surface area contributed by atoms with E-state index in [2.05, 4.69) is 26.0 Å². The molecular formula is C8H8BrN3. The summed E-state index contributed by atoms with van der Waals surface area (Å²) in [5.41, 5.74) is 2.98. The molecule has 0 aliphatic rings. The molecule has 2 aromatic rings. The Morgan fingerprint density at radius 1 is 1.42 bits per heavy atom. The van der Waals surface area contributed by atoms with E-state index in [1.807, 2.05) is 26.2 Å². The summed E-state index contributed by atoms with van der Waals surface area (Å²) in [4.78, 5) is 4.33. The SMILES string of the molecule is Cc1cc2nn(C)cc2nc1Br. The maximum absolute atomic E-state index is 4.33. The highest BCUT2D eigenvalue weighted by Crippen LogP contribution is 2.18. The third-order valence-electron chi connectivity index (χ3n) is 1.73. The van der Waals surface area contributed by atoms with Crippen LogP contribution in [0.3, 0.4) is 0 Å². The molecule has 12 heavy (non-hydrogen) atoms. The van der Waals surface area contributed by atoms with Crippen LogP contribution in [0.5, 0.6) is 0 Å². The van der Waals surface area contributed by atoms with E-state index >= 15 is 0 Å². The van der Waals surface area contributed by atoms with Gasteiger partial charge in [0.25, 0.3) is 0 Å². The van der Waals surface area contributed by atoms with Gasteiger partial charge in [0.1, 0.15) is 15.6 Å². The lowest BCUT2D eigenvalue weighted by Crippen LogP contribution is -1.85. The van der Waals surface area contributed by atoms with Crippen LogP contribution in [-0.2, 0) is 7.05 Å². The van der Waals surface area contributed by atoms with Gasteiger partial charge in [-0.2, -0.15) is 5.10 Å². The van der Waals surface area contributed by atoms with Crippen molar-refractivity contribution in [3.05, 3.63) is 22.4 Å². The second-order valence-corrected chi connectivity index (χ2v) is 3.55. The number of rotatable bonds is 0. The van der Waals surface area contributed by atoms with Gasteiger partial charge in [-0.05, 0) is 34.5 Å². The van der Waals surface area contributed by atoms with Gasteiger partial charge in [-0.3, -0.25) is 4.68 Å². The molecule has 0 saturated carbocycles. The first-order chi connectivity index (χ1) is 5.66. The lowest BCUT2D eigenvalue weighted by Gasteiger charge is -1.94. The molecule has 3 nitrogen and oxygen atoms in total. The fraction of sp³-hybridized carbons (Fsp3) is 0.250. The van der Waals surface area contributed by atoms with Gasteiger partial charge < -0.3 is 0 Å². The van der Waals surface area contributed by atoms with Crippen LogP contribution in [0.2, 0.25) is 0 Å². The zero-order valence-electron chi connectivity index (χ0n) is 6.87. The Bertz CT molecular complexity index is 394. The van der Waals surface area contributed by atoms with Crippen LogP contribution >= 0.6 is 15.9 Å². The van der Waals surface area contributed by atoms with Crippen molar-refractivity contribution < 1.29 is 0 Å². The Hall–Kier alpha value is -0.900. The van der Waals surface area contributed by atoms with Crippen LogP contribution in [0.4, 0.5) is 0 Å². The second-order valence-electron chi connectivity index (χ2n) is 2.80. The smallest absolute Gasteiger partial charge is 0.111 e. The lowest BCUT2D eigenvalue weighted by molar-refractivity contribution is 0.779. The Kier molecular flexibility index (Phi) is 1.65. The first kappa shape index (κ1) is 7.73. The third-order valence-corrected chi connectivity index (χ3v) is 2.54. The molecule has 2 heterocycles. The number of nitrogens with zero attached hydrogens (tertiary/aromatic N) is 3. The van der Waals surface area contributed by atoms with Gasteiger partial charge in [0.05, 0.1) is 6.20 Å². The summed E-state index contributed by atoms with van der Waals surface area (Å²) in [6.45, 7) is 2.01. The molecule has 2 rings (SSSR count). The van der Waals surface area contributed by atoms with E-state index in [0.29, 0.717) is 0 Å². The van der Waals surface area contributed by atoms with Crippen molar-refractivity contribution in [2.75, 3.05) is 0 Å². The molecular weight excluding hydrogens is 218 g/mol. The fourth-order valence-corrected chi connectivity index (χ4v) is 1.45. The van der Waals surface area contributed by atoms with Gasteiger partial charge in [0.15, 0.2) is 0 Å². The summed E-state index contributed by atoms with van der Waals surface area (Å²) in [5.74, 6) is 0. The summed E-state index contributed by atoms with van der Waals surface area (Å²) in [6.07, 6.45) is 1.90. The van der Waals surface area contributed by atoms with Crippen molar-refractivity contribution in [1.82, 2.24) is 14.8 Å². The lowest BCUT2D eigenvalue weighted by atomic mass is 10.3. The predicted molar refractivity (Wildman–Crippen MR) is 50.9 cm³/mol. The van der Waals surface area contributed by atoms with Crippen LogP contribution in [-0.4, -0.2) is 14.8 Å². The van der Waals surface area contributed by atoms with Crippen LogP contribution in [0.25, 0.3) is 11.0 Å². The van der Waals surface area contributed by atoms with Crippen molar-refractivity contribution in [3.8, 4) is 0 Å². The van der Waals surface area contributed by atoms with Crippen molar-refractivity contribution in [2.45, 2.75) is 6.92 Å². The maximum Gasteiger partial charge on any atom is 0.111 e. The number of halogens is 1. The highest BCUT2D eigenvalue weighted by atomic mass is 79.9. The molecule has 0 fully saturated rings. The minimum Gasteiger partial charge on any atom is -0.273 e. The molecule has 0 aliphatic heterocycles. The van der Waals surface area contributed by atoms with E-state index in [0.717, 1.165) is 21.2 Å². The molecule has 4 heteroatoms. The summed E-state index contributed by atoms with van der Waals surface area (Å²) in [6, 6.07) is 2.02. The molecule has 0 bridgehead atoms. The average Bonchev–Trinajstić information content (AvgIpc) is 2.30. The van der Waals surface area contributed by atoms with Crippen molar-refractivity contribution in [3.63, 3.8) is 0 Å².